The van der Waals surface area contributed by atoms with E-state index in [0.29, 0.717) is 5.75 Å². The summed E-state index contributed by atoms with van der Waals surface area (Å²) in [4.78, 5) is 0. The molecule has 2 nitrogen and oxygen atoms in total. The molecule has 0 spiro atoms. The van der Waals surface area contributed by atoms with Gasteiger partial charge in [-0.25, -0.2) is 0 Å². The van der Waals surface area contributed by atoms with Crippen molar-refractivity contribution in [3.05, 3.63) is 30.3 Å². The van der Waals surface area contributed by atoms with Gasteiger partial charge in [0.25, 0.3) is 0 Å². The molecule has 58 valence electrons. The molecule has 0 aliphatic heterocycles. The van der Waals surface area contributed by atoms with Gasteiger partial charge in [0.15, 0.2) is 6.29 Å². The van der Waals surface area contributed by atoms with E-state index in [0.717, 1.165) is 0 Å². The minimum absolute atomic E-state index is 0. The van der Waals surface area contributed by atoms with Crippen LogP contribution in [0.3, 0.4) is 0 Å². The number of benzene rings is 1. The first kappa shape index (κ1) is 15.5. The Morgan fingerprint density at radius 1 is 1.17 bits per heavy atom. The molecule has 12 heavy (non-hydrogen) atoms. The van der Waals surface area contributed by atoms with Gasteiger partial charge in [0, 0.05) is 0 Å². The van der Waals surface area contributed by atoms with Crippen molar-refractivity contribution < 1.29 is 9.84 Å². The SMILES string of the molecule is CC(O)Oc1ccccc1.[NaH].[NaH]. The van der Waals surface area contributed by atoms with Gasteiger partial charge in [0.05, 0.1) is 0 Å². The number of aliphatic hydroxyl groups is 1. The summed E-state index contributed by atoms with van der Waals surface area (Å²) in [7, 11) is 0. The number of hydrogen-bond donors (Lipinski definition) is 1. The van der Waals surface area contributed by atoms with Crippen molar-refractivity contribution in [2.24, 2.45) is 0 Å². The zero-order chi connectivity index (χ0) is 7.40. The third kappa shape index (κ3) is 6.49. The predicted molar refractivity (Wildman–Crippen MR) is 53.0 cm³/mol. The third-order valence-electron chi connectivity index (χ3n) is 1.05. The van der Waals surface area contributed by atoms with E-state index in [1.54, 1.807) is 19.1 Å². The molecule has 1 rings (SSSR count). The second-order valence-electron chi connectivity index (χ2n) is 2.03. The monoisotopic (exact) mass is 186 g/mol. The molecule has 0 saturated carbocycles. The number of hydrogen-bond acceptors (Lipinski definition) is 2. The summed E-state index contributed by atoms with van der Waals surface area (Å²) < 4.78 is 4.97. The van der Waals surface area contributed by atoms with Gasteiger partial charge in [-0.3, -0.25) is 0 Å². The first-order valence-corrected chi connectivity index (χ1v) is 3.19. The van der Waals surface area contributed by atoms with Crippen LogP contribution in [0.15, 0.2) is 30.3 Å². The average molecular weight is 186 g/mol. The summed E-state index contributed by atoms with van der Waals surface area (Å²) in [6, 6.07) is 9.21. The van der Waals surface area contributed by atoms with E-state index in [1.165, 1.54) is 0 Å². The maximum absolute atomic E-state index is 8.78. The molecule has 0 fully saturated rings. The van der Waals surface area contributed by atoms with Crippen molar-refractivity contribution in [3.8, 4) is 5.75 Å². The fourth-order valence-corrected chi connectivity index (χ4v) is 0.696. The summed E-state index contributed by atoms with van der Waals surface area (Å²) in [5, 5.41) is 8.78. The standard InChI is InChI=1S/C8H10O2.2Na.2H/c1-7(9)10-8-5-3-2-4-6-8;;;;/h2-7,9H,1H3;;;;. The second-order valence-corrected chi connectivity index (χ2v) is 2.03. The van der Waals surface area contributed by atoms with Crippen molar-refractivity contribution in [2.75, 3.05) is 0 Å². The maximum atomic E-state index is 8.78. The topological polar surface area (TPSA) is 29.5 Å². The van der Waals surface area contributed by atoms with Crippen LogP contribution in [0.4, 0.5) is 0 Å². The third-order valence-corrected chi connectivity index (χ3v) is 1.05. The second kappa shape index (κ2) is 8.57. The summed E-state index contributed by atoms with van der Waals surface area (Å²) in [5.74, 6) is 0.692. The van der Waals surface area contributed by atoms with Gasteiger partial charge in [-0.05, 0) is 19.1 Å². The van der Waals surface area contributed by atoms with Crippen LogP contribution in [0.25, 0.3) is 0 Å². The Morgan fingerprint density at radius 3 is 2.08 bits per heavy atom. The van der Waals surface area contributed by atoms with Crippen LogP contribution in [0.5, 0.6) is 5.75 Å². The minimum atomic E-state index is -0.734. The zero-order valence-electron chi connectivity index (χ0n) is 5.82. The molecule has 0 heterocycles. The molecule has 0 aliphatic rings. The van der Waals surface area contributed by atoms with Gasteiger partial charge >= 0.3 is 59.1 Å². The first-order valence-electron chi connectivity index (χ1n) is 3.19. The van der Waals surface area contributed by atoms with Crippen LogP contribution in [0.1, 0.15) is 6.92 Å². The Labute approximate surface area is 117 Å². The molecular formula is C8H12Na2O2. The van der Waals surface area contributed by atoms with E-state index in [9.17, 15) is 0 Å². The Bertz CT molecular complexity index is 190. The average Bonchev–Trinajstić information content (AvgIpc) is 1.88. The van der Waals surface area contributed by atoms with Crippen LogP contribution in [0, 0.1) is 0 Å². The molecule has 0 aromatic heterocycles. The molecule has 0 saturated heterocycles. The molecule has 0 amide bonds. The summed E-state index contributed by atoms with van der Waals surface area (Å²) >= 11 is 0. The van der Waals surface area contributed by atoms with Crippen LogP contribution < -0.4 is 4.74 Å². The van der Waals surface area contributed by atoms with Gasteiger partial charge in [-0.2, -0.15) is 0 Å². The quantitative estimate of drug-likeness (QED) is 0.524. The summed E-state index contributed by atoms with van der Waals surface area (Å²) in [6.45, 7) is 1.58. The van der Waals surface area contributed by atoms with E-state index in [1.807, 2.05) is 18.2 Å². The molecule has 1 aromatic carbocycles. The Hall–Kier alpha value is 0.980. The first-order chi connectivity index (χ1) is 4.79. The van der Waals surface area contributed by atoms with Crippen LogP contribution in [-0.2, 0) is 0 Å². The van der Waals surface area contributed by atoms with Crippen LogP contribution in [0.2, 0.25) is 0 Å². The van der Waals surface area contributed by atoms with E-state index >= 15 is 0 Å². The molecule has 0 radical (unpaired) electrons. The van der Waals surface area contributed by atoms with Crippen LogP contribution >= 0.6 is 0 Å². The van der Waals surface area contributed by atoms with E-state index in [4.69, 9.17) is 9.84 Å². The Kier molecular flexibility index (Phi) is 11.0. The van der Waals surface area contributed by atoms with Crippen molar-refractivity contribution in [2.45, 2.75) is 13.2 Å². The van der Waals surface area contributed by atoms with E-state index in [2.05, 4.69) is 0 Å². The van der Waals surface area contributed by atoms with Gasteiger partial charge in [-0.15, -0.1) is 0 Å². The van der Waals surface area contributed by atoms with E-state index < -0.39 is 6.29 Å². The molecule has 4 heteroatoms. The van der Waals surface area contributed by atoms with Gasteiger partial charge in [0.2, 0.25) is 0 Å². The van der Waals surface area contributed by atoms with Gasteiger partial charge in [0.1, 0.15) is 5.75 Å². The zero-order valence-corrected chi connectivity index (χ0v) is 5.82. The normalized spacial score (nSPS) is 10.5. The van der Waals surface area contributed by atoms with Crippen molar-refractivity contribution >= 4 is 59.1 Å². The molecule has 1 unspecified atom stereocenters. The molecule has 1 atom stereocenters. The Morgan fingerprint density at radius 2 is 1.67 bits per heavy atom. The molecule has 1 N–H and O–H groups in total. The summed E-state index contributed by atoms with van der Waals surface area (Å²) in [5.41, 5.74) is 0. The Balaban J connectivity index is 0. The van der Waals surface area contributed by atoms with Crippen molar-refractivity contribution in [1.29, 1.82) is 0 Å². The van der Waals surface area contributed by atoms with Crippen molar-refractivity contribution in [1.82, 2.24) is 0 Å². The van der Waals surface area contributed by atoms with Gasteiger partial charge in [-0.1, -0.05) is 18.2 Å². The summed E-state index contributed by atoms with van der Waals surface area (Å²) in [6.07, 6.45) is -0.734. The molecule has 0 bridgehead atoms. The van der Waals surface area contributed by atoms with E-state index in [-0.39, 0.29) is 59.1 Å². The molecule has 0 aliphatic carbocycles. The number of ether oxygens (including phenoxy) is 1. The molecule has 1 aromatic rings. The van der Waals surface area contributed by atoms with Crippen molar-refractivity contribution in [3.63, 3.8) is 0 Å². The number of aliphatic hydroxyl groups excluding tert-OH is 1. The molecular weight excluding hydrogens is 174 g/mol. The fourth-order valence-electron chi connectivity index (χ4n) is 0.696. The number of rotatable bonds is 2. The number of para-hydroxylation sites is 1. The van der Waals surface area contributed by atoms with Crippen LogP contribution in [-0.4, -0.2) is 70.5 Å². The predicted octanol–water partition coefficient (Wildman–Crippen LogP) is 0.107. The van der Waals surface area contributed by atoms with Gasteiger partial charge < -0.3 is 9.84 Å². The fraction of sp³-hybridized carbons (Fsp3) is 0.250.